The predicted molar refractivity (Wildman–Crippen MR) is 109 cm³/mol. The molecule has 1 amide bonds. The van der Waals surface area contributed by atoms with Crippen molar-refractivity contribution < 1.29 is 14.3 Å². The van der Waals surface area contributed by atoms with Crippen molar-refractivity contribution in [3.63, 3.8) is 0 Å². The molecule has 2 N–H and O–H groups in total. The molecule has 28 heavy (non-hydrogen) atoms. The Bertz CT molecular complexity index is 1050. The zero-order valence-electron chi connectivity index (χ0n) is 15.5. The molecule has 0 aliphatic carbocycles. The second-order valence-electron chi connectivity index (χ2n) is 6.26. The number of ether oxygens (including phenoxy) is 2. The molecule has 4 rings (SSSR count). The molecule has 8 heteroatoms. The summed E-state index contributed by atoms with van der Waals surface area (Å²) in [5, 5.41) is 2.85. The van der Waals surface area contributed by atoms with Gasteiger partial charge >= 0.3 is 0 Å². The lowest BCUT2D eigenvalue weighted by Gasteiger charge is -2.12. The van der Waals surface area contributed by atoms with Crippen LogP contribution in [0.2, 0.25) is 0 Å². The number of fused-ring (bicyclic) bond motifs is 1. The van der Waals surface area contributed by atoms with Crippen molar-refractivity contribution in [3.05, 3.63) is 46.2 Å². The van der Waals surface area contributed by atoms with E-state index in [0.29, 0.717) is 41.7 Å². The molecule has 0 unspecified atom stereocenters. The number of carbonyl (C=O) groups excluding carboxylic acids is 1. The monoisotopic (exact) mass is 442 g/mol. The Hall–Kier alpha value is -2.87. The molecule has 144 valence electrons. The van der Waals surface area contributed by atoms with Gasteiger partial charge in [-0.15, -0.1) is 0 Å². The molecule has 0 bridgehead atoms. The summed E-state index contributed by atoms with van der Waals surface area (Å²) in [6.07, 6.45) is 2.48. The first-order valence-electron chi connectivity index (χ1n) is 8.95. The van der Waals surface area contributed by atoms with Gasteiger partial charge in [-0.2, -0.15) is 0 Å². The predicted octanol–water partition coefficient (Wildman–Crippen LogP) is 3.59. The fourth-order valence-corrected chi connectivity index (χ4v) is 3.70. The first-order valence-corrected chi connectivity index (χ1v) is 9.74. The molecule has 0 saturated heterocycles. The summed E-state index contributed by atoms with van der Waals surface area (Å²) in [5.74, 6) is 1.75. The lowest BCUT2D eigenvalue weighted by atomic mass is 10.1. The molecule has 0 fully saturated rings. The van der Waals surface area contributed by atoms with E-state index in [1.165, 1.54) is 0 Å². The third kappa shape index (κ3) is 3.35. The highest BCUT2D eigenvalue weighted by Gasteiger charge is 2.21. The Kier molecular flexibility index (Phi) is 5.04. The van der Waals surface area contributed by atoms with E-state index in [1.54, 1.807) is 13.3 Å². The number of aromatic nitrogens is 3. The van der Waals surface area contributed by atoms with Gasteiger partial charge in [0.15, 0.2) is 17.3 Å². The summed E-state index contributed by atoms with van der Waals surface area (Å²) in [4.78, 5) is 24.4. The van der Waals surface area contributed by atoms with Crippen LogP contribution in [0.1, 0.15) is 23.0 Å². The summed E-state index contributed by atoms with van der Waals surface area (Å²) in [6.45, 7) is 3.10. The summed E-state index contributed by atoms with van der Waals surface area (Å²) in [7, 11) is 1.60. The van der Waals surface area contributed by atoms with Gasteiger partial charge in [-0.3, -0.25) is 4.79 Å². The van der Waals surface area contributed by atoms with E-state index in [2.05, 4.69) is 31.2 Å². The van der Waals surface area contributed by atoms with E-state index < -0.39 is 0 Å². The van der Waals surface area contributed by atoms with Gasteiger partial charge in [0, 0.05) is 34.9 Å². The molecule has 0 saturated carbocycles. The maximum atomic E-state index is 12.0. The van der Waals surface area contributed by atoms with Gasteiger partial charge < -0.3 is 19.8 Å². The van der Waals surface area contributed by atoms with Crippen LogP contribution in [0.3, 0.4) is 0 Å². The zero-order valence-corrected chi connectivity index (χ0v) is 17.1. The maximum Gasteiger partial charge on any atom is 0.253 e. The SMILES string of the molecule is CCOc1cc(Br)c(-c2nccc(-c3cc4c([nH]3)CCNC4=O)n2)cc1OC. The van der Waals surface area contributed by atoms with Crippen LogP contribution in [0, 0.1) is 0 Å². The number of amides is 1. The Labute approximate surface area is 170 Å². The normalized spacial score (nSPS) is 13.0. The molecule has 3 aromatic rings. The first-order chi connectivity index (χ1) is 13.6. The van der Waals surface area contributed by atoms with Gasteiger partial charge in [0.05, 0.1) is 30.7 Å². The number of hydrogen-bond acceptors (Lipinski definition) is 5. The highest BCUT2D eigenvalue weighted by molar-refractivity contribution is 9.10. The molecule has 7 nitrogen and oxygen atoms in total. The second kappa shape index (κ2) is 7.63. The number of methoxy groups -OCH3 is 1. The number of H-pyrrole nitrogens is 1. The van der Waals surface area contributed by atoms with Gasteiger partial charge in [-0.05, 0) is 47.1 Å². The van der Waals surface area contributed by atoms with Crippen molar-refractivity contribution in [3.8, 4) is 34.3 Å². The first kappa shape index (κ1) is 18.5. The average Bonchev–Trinajstić information content (AvgIpc) is 3.14. The van der Waals surface area contributed by atoms with Crippen molar-refractivity contribution >= 4 is 21.8 Å². The smallest absolute Gasteiger partial charge is 0.253 e. The van der Waals surface area contributed by atoms with Gasteiger partial charge in [0.25, 0.3) is 5.91 Å². The third-order valence-electron chi connectivity index (χ3n) is 4.53. The van der Waals surface area contributed by atoms with E-state index in [0.717, 1.165) is 27.8 Å². The van der Waals surface area contributed by atoms with Crippen LogP contribution in [0.25, 0.3) is 22.8 Å². The maximum absolute atomic E-state index is 12.0. The van der Waals surface area contributed by atoms with Crippen LogP contribution < -0.4 is 14.8 Å². The van der Waals surface area contributed by atoms with Crippen LogP contribution in [-0.4, -0.2) is 41.1 Å². The van der Waals surface area contributed by atoms with Crippen molar-refractivity contribution in [2.45, 2.75) is 13.3 Å². The number of hydrogen-bond donors (Lipinski definition) is 2. The van der Waals surface area contributed by atoms with Gasteiger partial charge in [-0.25, -0.2) is 9.97 Å². The minimum atomic E-state index is -0.0583. The fraction of sp³-hybridized carbons (Fsp3) is 0.250. The van der Waals surface area contributed by atoms with Crippen LogP contribution in [0.5, 0.6) is 11.5 Å². The molecule has 0 radical (unpaired) electrons. The quantitative estimate of drug-likeness (QED) is 0.629. The van der Waals surface area contributed by atoms with Crippen molar-refractivity contribution in [2.24, 2.45) is 0 Å². The molecule has 0 spiro atoms. The molecular formula is C20H19BrN4O3. The van der Waals surface area contributed by atoms with Gasteiger partial charge in [0.1, 0.15) is 0 Å². The van der Waals surface area contributed by atoms with E-state index in [4.69, 9.17) is 14.5 Å². The number of halogens is 1. The van der Waals surface area contributed by atoms with Gasteiger partial charge in [-0.1, -0.05) is 0 Å². The highest BCUT2D eigenvalue weighted by atomic mass is 79.9. The average molecular weight is 443 g/mol. The minimum Gasteiger partial charge on any atom is -0.493 e. The lowest BCUT2D eigenvalue weighted by Crippen LogP contribution is -2.31. The number of carbonyl (C=O) groups is 1. The van der Waals surface area contributed by atoms with Crippen molar-refractivity contribution in [2.75, 3.05) is 20.3 Å². The molecule has 3 heterocycles. The lowest BCUT2D eigenvalue weighted by molar-refractivity contribution is 0.0946. The molecular weight excluding hydrogens is 424 g/mol. The number of nitrogens with zero attached hydrogens (tertiary/aromatic N) is 2. The molecule has 1 aliphatic heterocycles. The Morgan fingerprint density at radius 3 is 2.82 bits per heavy atom. The summed E-state index contributed by atoms with van der Waals surface area (Å²) in [5.41, 5.74) is 3.90. The second-order valence-corrected chi connectivity index (χ2v) is 7.12. The molecule has 1 aliphatic rings. The summed E-state index contributed by atoms with van der Waals surface area (Å²) >= 11 is 3.58. The third-order valence-corrected chi connectivity index (χ3v) is 5.19. The zero-order chi connectivity index (χ0) is 19.7. The highest BCUT2D eigenvalue weighted by Crippen LogP contribution is 2.38. The van der Waals surface area contributed by atoms with E-state index in [-0.39, 0.29) is 5.91 Å². The Balaban J connectivity index is 1.75. The molecule has 0 atom stereocenters. The van der Waals surface area contributed by atoms with E-state index in [1.807, 2.05) is 31.2 Å². The van der Waals surface area contributed by atoms with Crippen LogP contribution in [-0.2, 0) is 6.42 Å². The van der Waals surface area contributed by atoms with Gasteiger partial charge in [0.2, 0.25) is 0 Å². The standard InChI is InChI=1S/C20H19BrN4O3/c1-3-28-18-10-13(21)11(9-17(18)27-2)19-22-6-5-15(25-19)16-8-12-14(24-16)4-7-23-20(12)26/h5-6,8-10,24H,3-4,7H2,1-2H3,(H,23,26). The van der Waals surface area contributed by atoms with Crippen LogP contribution in [0.4, 0.5) is 0 Å². The van der Waals surface area contributed by atoms with Crippen molar-refractivity contribution in [1.29, 1.82) is 0 Å². The molecule has 1 aromatic carbocycles. The van der Waals surface area contributed by atoms with Crippen LogP contribution >= 0.6 is 15.9 Å². The molecule has 2 aromatic heterocycles. The topological polar surface area (TPSA) is 89.1 Å². The summed E-state index contributed by atoms with van der Waals surface area (Å²) < 4.78 is 11.9. The van der Waals surface area contributed by atoms with Crippen LogP contribution in [0.15, 0.2) is 34.9 Å². The largest absolute Gasteiger partial charge is 0.493 e. The minimum absolute atomic E-state index is 0.0583. The van der Waals surface area contributed by atoms with E-state index >= 15 is 0 Å². The number of nitrogens with one attached hydrogen (secondary N) is 2. The number of rotatable bonds is 5. The fourth-order valence-electron chi connectivity index (χ4n) is 3.20. The Morgan fingerprint density at radius 2 is 2.07 bits per heavy atom. The summed E-state index contributed by atoms with van der Waals surface area (Å²) in [6, 6.07) is 7.36. The number of benzene rings is 1. The Morgan fingerprint density at radius 1 is 1.21 bits per heavy atom. The number of aromatic amines is 1. The van der Waals surface area contributed by atoms with E-state index in [9.17, 15) is 4.79 Å². The van der Waals surface area contributed by atoms with Crippen molar-refractivity contribution in [1.82, 2.24) is 20.3 Å².